The molecule has 0 fully saturated rings. The Kier molecular flexibility index (Phi) is 57.2. The quantitative estimate of drug-likeness (QED) is 0.0300. The highest BCUT2D eigenvalue weighted by molar-refractivity contribution is 7.96. The monoisotopic (exact) mass is 940 g/mol. The first-order chi connectivity index (χ1) is 31.4. The van der Waals surface area contributed by atoms with Gasteiger partial charge in [-0.1, -0.05) is 211 Å². The number of aromatic nitrogens is 1. The molecule has 0 aromatic carbocycles. The lowest BCUT2D eigenvalue weighted by atomic mass is 10.0. The summed E-state index contributed by atoms with van der Waals surface area (Å²) in [5, 5.41) is 0.536. The van der Waals surface area contributed by atoms with Gasteiger partial charge in [-0.15, -0.1) is 0 Å². The largest absolute Gasteiger partial charge is 0.381 e. The van der Waals surface area contributed by atoms with E-state index in [1.165, 1.54) is 205 Å². The number of pyridine rings is 1. The molecular weight excluding hydrogens is 834 g/mol. The molecule has 1 aromatic heterocycles. The summed E-state index contributed by atoms with van der Waals surface area (Å²) in [4.78, 5) is 27.5. The van der Waals surface area contributed by atoms with Crippen LogP contribution in [0, 0.1) is 0 Å². The van der Waals surface area contributed by atoms with Gasteiger partial charge in [0.15, 0.2) is 0 Å². The van der Waals surface area contributed by atoms with Crippen LogP contribution in [0.15, 0.2) is 18.3 Å². The summed E-state index contributed by atoms with van der Waals surface area (Å²) in [6.07, 6.45) is 49.3. The molecule has 1 N–H and O–H groups in total. The van der Waals surface area contributed by atoms with E-state index in [-0.39, 0.29) is 0 Å². The summed E-state index contributed by atoms with van der Waals surface area (Å²) in [7, 11) is 3.71. The van der Waals surface area contributed by atoms with Crippen molar-refractivity contribution < 1.29 is 19.1 Å². The third-order valence-electron chi connectivity index (χ3n) is 12.2. The van der Waals surface area contributed by atoms with Gasteiger partial charge < -0.3 is 24.0 Å². The van der Waals surface area contributed by atoms with Crippen molar-refractivity contribution in [3.63, 3.8) is 0 Å². The number of aldehydes is 2. The number of halogens is 1. The molecule has 1 aromatic rings. The number of hydrogen-bond acceptors (Lipinski definition) is 8. The van der Waals surface area contributed by atoms with Crippen LogP contribution in [0.5, 0.6) is 0 Å². The van der Waals surface area contributed by atoms with Crippen molar-refractivity contribution in [2.75, 3.05) is 40.4 Å². The summed E-state index contributed by atoms with van der Waals surface area (Å²) in [6, 6.07) is 3.85. The summed E-state index contributed by atoms with van der Waals surface area (Å²) >= 11 is 7.55. The van der Waals surface area contributed by atoms with Gasteiger partial charge in [0.1, 0.15) is 17.7 Å². The topological polar surface area (TPSA) is 80.8 Å². The molecule has 9 heteroatoms. The third kappa shape index (κ3) is 50.4. The van der Waals surface area contributed by atoms with Crippen molar-refractivity contribution in [1.29, 1.82) is 0 Å². The second kappa shape index (κ2) is 56.3. The molecule has 0 saturated carbocycles. The van der Waals surface area contributed by atoms with Gasteiger partial charge in [0.2, 0.25) is 0 Å². The first kappa shape index (κ1) is 65.1. The molecule has 0 radical (unpaired) electrons. The van der Waals surface area contributed by atoms with E-state index in [1.807, 2.05) is 32.5 Å². The molecule has 378 valence electrons. The lowest BCUT2D eigenvalue weighted by Crippen LogP contribution is -2.29. The summed E-state index contributed by atoms with van der Waals surface area (Å²) < 4.78 is 14.4. The van der Waals surface area contributed by atoms with Gasteiger partial charge >= 0.3 is 0 Å². The highest BCUT2D eigenvalue weighted by Crippen LogP contribution is 2.17. The minimum atomic E-state index is 0.506. The van der Waals surface area contributed by atoms with Gasteiger partial charge in [-0.3, -0.25) is 4.72 Å². The number of carbonyl (C=O) groups is 2. The van der Waals surface area contributed by atoms with Gasteiger partial charge in [-0.25, -0.2) is 4.98 Å². The zero-order chi connectivity index (χ0) is 47.2. The third-order valence-corrected chi connectivity index (χ3v) is 13.3. The summed E-state index contributed by atoms with van der Waals surface area (Å²) in [6.45, 7) is 13.5. The Morgan fingerprint density at radius 3 is 1.38 bits per heavy atom. The number of nitrogens with one attached hydrogen (secondary N) is 1. The normalized spacial score (nSPS) is 11.6. The number of ether oxygens (including phenoxy) is 2. The van der Waals surface area contributed by atoms with Crippen molar-refractivity contribution in [3.8, 4) is 0 Å². The molecule has 0 bridgehead atoms. The molecule has 0 aliphatic carbocycles. The van der Waals surface area contributed by atoms with E-state index in [1.54, 1.807) is 11.9 Å². The maximum atomic E-state index is 10.4. The van der Waals surface area contributed by atoms with Gasteiger partial charge in [0.25, 0.3) is 0 Å². The molecule has 1 unspecified atom stereocenters. The zero-order valence-electron chi connectivity index (χ0n) is 43.1. The van der Waals surface area contributed by atoms with Crippen LogP contribution in [-0.4, -0.2) is 75.1 Å². The number of rotatable bonds is 47. The van der Waals surface area contributed by atoms with E-state index in [2.05, 4.69) is 42.3 Å². The van der Waals surface area contributed by atoms with Crippen LogP contribution < -0.4 is 4.72 Å². The van der Waals surface area contributed by atoms with Crippen molar-refractivity contribution in [3.05, 3.63) is 29.0 Å². The SMILES string of the molecule is CCCCCCCCC(CC)OC.CCCCCCCCC(CCCCCCCC)OC.O=CCCCCCCCN(CCCCCCCC=O)CCCNSCc1ccc(Cl)nc1. The van der Waals surface area contributed by atoms with Crippen molar-refractivity contribution in [2.45, 2.75) is 270 Å². The van der Waals surface area contributed by atoms with E-state index >= 15 is 0 Å². The minimum Gasteiger partial charge on any atom is -0.381 e. The molecular formula is C55H106ClN3O4S. The Morgan fingerprint density at radius 1 is 0.562 bits per heavy atom. The maximum Gasteiger partial charge on any atom is 0.129 e. The molecule has 0 spiro atoms. The fraction of sp³-hybridized carbons (Fsp3) is 0.873. The van der Waals surface area contributed by atoms with E-state index in [4.69, 9.17) is 21.1 Å². The van der Waals surface area contributed by atoms with Crippen molar-refractivity contribution >= 4 is 36.1 Å². The van der Waals surface area contributed by atoms with E-state index in [9.17, 15) is 9.59 Å². The lowest BCUT2D eigenvalue weighted by Gasteiger charge is -2.22. The average molecular weight is 941 g/mol. The molecule has 64 heavy (non-hydrogen) atoms. The van der Waals surface area contributed by atoms with Crippen molar-refractivity contribution in [2.24, 2.45) is 0 Å². The molecule has 0 saturated heterocycles. The summed E-state index contributed by atoms with van der Waals surface area (Å²) in [5.41, 5.74) is 1.18. The van der Waals surface area contributed by atoms with Crippen LogP contribution in [0.3, 0.4) is 0 Å². The predicted molar refractivity (Wildman–Crippen MR) is 283 cm³/mol. The Balaban J connectivity index is 0. The number of methoxy groups -OCH3 is 2. The zero-order valence-corrected chi connectivity index (χ0v) is 44.7. The van der Waals surface area contributed by atoms with E-state index in [0.717, 1.165) is 57.1 Å². The first-order valence-electron chi connectivity index (χ1n) is 27.1. The highest BCUT2D eigenvalue weighted by Gasteiger charge is 2.08. The molecule has 7 nitrogen and oxygen atoms in total. The smallest absolute Gasteiger partial charge is 0.129 e. The second-order valence-corrected chi connectivity index (χ2v) is 19.4. The van der Waals surface area contributed by atoms with Crippen LogP contribution in [0.4, 0.5) is 0 Å². The Hall–Kier alpha value is -1.03. The standard InChI is InChI=1S/C25H42ClN3O2S.C18H38O.C12H26O/c26-25-15-14-24(22-27-25)23-32-28-16-13-19-29(17-9-5-1-3-7-11-20-30)18-10-6-2-4-8-12-21-31;1-4-6-8-10-12-14-16-18(19-3)17-15-13-11-9-7-5-2;1-4-6-7-8-9-10-11-12(5-2)13-3/h14-15,20-22,28H,1-13,16-19,23H2;18H,4-17H2,1-3H3;12H,4-11H2,1-3H3. The maximum absolute atomic E-state index is 10.4. The van der Waals surface area contributed by atoms with Crippen LogP contribution in [0.1, 0.15) is 258 Å². The molecule has 1 heterocycles. The minimum absolute atomic E-state index is 0.506. The molecule has 0 aliphatic heterocycles. The van der Waals surface area contributed by atoms with E-state index in [0.29, 0.717) is 30.2 Å². The van der Waals surface area contributed by atoms with Crippen LogP contribution in [0.2, 0.25) is 5.15 Å². The fourth-order valence-electron chi connectivity index (χ4n) is 7.92. The van der Waals surface area contributed by atoms with Crippen LogP contribution in [-0.2, 0) is 24.8 Å². The van der Waals surface area contributed by atoms with E-state index < -0.39 is 0 Å². The lowest BCUT2D eigenvalue weighted by molar-refractivity contribution is -0.108. The number of carbonyl (C=O) groups excluding carboxylic acids is 2. The Bertz CT molecular complexity index is 997. The van der Waals surface area contributed by atoms with Gasteiger partial charge in [0.05, 0.1) is 12.2 Å². The molecule has 0 amide bonds. The number of nitrogens with zero attached hydrogens (tertiary/aromatic N) is 2. The molecule has 1 atom stereocenters. The average Bonchev–Trinajstić information content (AvgIpc) is 3.31. The van der Waals surface area contributed by atoms with Crippen molar-refractivity contribution in [1.82, 2.24) is 14.6 Å². The number of unbranched alkanes of at least 4 members (excludes halogenated alkanes) is 25. The Labute approximate surface area is 407 Å². The van der Waals surface area contributed by atoms with Crippen LogP contribution in [0.25, 0.3) is 0 Å². The molecule has 1 rings (SSSR count). The summed E-state index contributed by atoms with van der Waals surface area (Å²) in [5.74, 6) is 0.891. The highest BCUT2D eigenvalue weighted by atomic mass is 35.5. The van der Waals surface area contributed by atoms with Gasteiger partial charge in [-0.05, 0) is 89.1 Å². The molecule has 0 aliphatic rings. The van der Waals surface area contributed by atoms with Gasteiger partial charge in [0, 0.05) is 45.6 Å². The Morgan fingerprint density at radius 2 is 0.969 bits per heavy atom. The first-order valence-corrected chi connectivity index (χ1v) is 28.4. The number of hydrogen-bond donors (Lipinski definition) is 1. The van der Waals surface area contributed by atoms with Gasteiger partial charge in [-0.2, -0.15) is 0 Å². The predicted octanol–water partition coefficient (Wildman–Crippen LogP) is 16.9. The van der Waals surface area contributed by atoms with Crippen LogP contribution >= 0.6 is 23.5 Å². The second-order valence-electron chi connectivity index (χ2n) is 18.1. The fourth-order valence-corrected chi connectivity index (χ4v) is 8.76.